The smallest absolute Gasteiger partial charge is 0.146 e. The Labute approximate surface area is 118 Å². The fourth-order valence-electron chi connectivity index (χ4n) is 1.51. The average Bonchev–Trinajstić information content (AvgIpc) is 2.47. The van der Waals surface area contributed by atoms with Crippen LogP contribution in [-0.4, -0.2) is 6.29 Å². The van der Waals surface area contributed by atoms with E-state index in [1.165, 1.54) is 25.7 Å². The summed E-state index contributed by atoms with van der Waals surface area (Å²) in [6.45, 7) is 6.53. The molecule has 106 valence electrons. The van der Waals surface area contributed by atoms with Gasteiger partial charge in [0.1, 0.15) is 6.29 Å². The Hall–Kier alpha value is -1.37. The molecule has 0 atom stereocenters. The summed E-state index contributed by atoms with van der Waals surface area (Å²) in [6, 6.07) is 9.99. The summed E-state index contributed by atoms with van der Waals surface area (Å²) < 4.78 is 0. The van der Waals surface area contributed by atoms with Crippen LogP contribution in [0.4, 0.5) is 0 Å². The van der Waals surface area contributed by atoms with Gasteiger partial charge in [0, 0.05) is 0 Å². The molecule has 0 amide bonds. The van der Waals surface area contributed by atoms with Gasteiger partial charge in [-0.05, 0) is 30.1 Å². The molecule has 0 aliphatic heterocycles. The van der Waals surface area contributed by atoms with Crippen LogP contribution in [0, 0.1) is 0 Å². The summed E-state index contributed by atoms with van der Waals surface area (Å²) in [6.07, 6.45) is 9.98. The first-order chi connectivity index (χ1) is 9.28. The summed E-state index contributed by atoms with van der Waals surface area (Å²) in [4.78, 5) is 10.8. The average molecular weight is 260 g/mol. The predicted molar refractivity (Wildman–Crippen MR) is 85.2 cm³/mol. The van der Waals surface area contributed by atoms with Gasteiger partial charge in [-0.25, -0.2) is 0 Å². The molecule has 0 N–H and O–H groups in total. The summed E-state index contributed by atoms with van der Waals surface area (Å²) in [5.41, 5.74) is 2.01. The molecule has 0 spiro atoms. The van der Waals surface area contributed by atoms with Crippen molar-refractivity contribution in [2.75, 3.05) is 0 Å². The third-order valence-corrected chi connectivity index (χ3v) is 2.87. The highest BCUT2D eigenvalue weighted by Gasteiger charge is 1.95. The minimum atomic E-state index is 0.895. The quantitative estimate of drug-likeness (QED) is 0.351. The molecule has 0 aliphatic carbocycles. The fourth-order valence-corrected chi connectivity index (χ4v) is 1.51. The van der Waals surface area contributed by atoms with Gasteiger partial charge in [-0.3, -0.25) is 4.79 Å². The highest BCUT2D eigenvalue weighted by Crippen LogP contribution is 2.11. The normalized spacial score (nSPS) is 10.6. The van der Waals surface area contributed by atoms with E-state index in [-0.39, 0.29) is 0 Å². The van der Waals surface area contributed by atoms with Gasteiger partial charge in [0.2, 0.25) is 0 Å². The molecule has 1 aromatic carbocycles. The van der Waals surface area contributed by atoms with E-state index in [0.29, 0.717) is 0 Å². The maximum atomic E-state index is 10.8. The second-order valence-corrected chi connectivity index (χ2v) is 4.70. The first-order valence-electron chi connectivity index (χ1n) is 7.49. The Balaban J connectivity index is 0.000000711. The third kappa shape index (κ3) is 10.3. The highest BCUT2D eigenvalue weighted by molar-refractivity contribution is 5.81. The Bertz CT molecular complexity index is 336. The number of allylic oxidation sites excluding steroid dienone is 1. The molecular weight excluding hydrogens is 232 g/mol. The second kappa shape index (κ2) is 13.1. The van der Waals surface area contributed by atoms with Gasteiger partial charge in [-0.2, -0.15) is 0 Å². The second-order valence-electron chi connectivity index (χ2n) is 4.70. The number of carbonyl (C=O) groups is 1. The molecule has 19 heavy (non-hydrogen) atoms. The minimum absolute atomic E-state index is 0.895. The first-order valence-corrected chi connectivity index (χ1v) is 7.49. The zero-order chi connectivity index (χ0) is 14.3. The van der Waals surface area contributed by atoms with E-state index in [9.17, 15) is 4.79 Å². The molecule has 0 saturated carbocycles. The highest BCUT2D eigenvalue weighted by atomic mass is 16.1. The Kier molecular flexibility index (Phi) is 12.1. The number of aldehydes is 1. The van der Waals surface area contributed by atoms with Gasteiger partial charge < -0.3 is 0 Å². The molecule has 1 nitrogen and oxygen atoms in total. The third-order valence-electron chi connectivity index (χ3n) is 2.87. The van der Waals surface area contributed by atoms with E-state index >= 15 is 0 Å². The van der Waals surface area contributed by atoms with Crippen LogP contribution >= 0.6 is 0 Å². The van der Waals surface area contributed by atoms with Gasteiger partial charge in [-0.1, -0.05) is 76.8 Å². The van der Waals surface area contributed by atoms with Crippen LogP contribution in [0.25, 0.3) is 6.08 Å². The van der Waals surface area contributed by atoms with Gasteiger partial charge in [-0.15, -0.1) is 0 Å². The van der Waals surface area contributed by atoms with Crippen LogP contribution in [0.3, 0.4) is 0 Å². The summed E-state index contributed by atoms with van der Waals surface area (Å²) in [5.74, 6) is 0. The lowest BCUT2D eigenvalue weighted by Crippen LogP contribution is -1.86. The molecule has 0 saturated heterocycles. The van der Waals surface area contributed by atoms with Crippen molar-refractivity contribution in [3.8, 4) is 0 Å². The molecule has 1 rings (SSSR count). The molecule has 0 heterocycles. The van der Waals surface area contributed by atoms with Gasteiger partial charge >= 0.3 is 0 Å². The van der Waals surface area contributed by atoms with E-state index in [2.05, 4.69) is 20.8 Å². The number of hydrogen-bond acceptors (Lipinski definition) is 1. The summed E-state index contributed by atoms with van der Waals surface area (Å²) in [5, 5.41) is 0. The number of unbranched alkanes of at least 4 members (excludes halogenated alkanes) is 3. The number of hydrogen-bond donors (Lipinski definition) is 0. The lowest BCUT2D eigenvalue weighted by molar-refractivity contribution is -0.105. The lowest BCUT2D eigenvalue weighted by Gasteiger charge is -1.99. The molecule has 0 unspecified atom stereocenters. The van der Waals surface area contributed by atoms with Crippen LogP contribution in [0.5, 0.6) is 0 Å². The molecule has 0 aromatic heterocycles. The first kappa shape index (κ1) is 17.6. The van der Waals surface area contributed by atoms with Crippen molar-refractivity contribution in [1.29, 1.82) is 0 Å². The molecule has 1 aromatic rings. The monoisotopic (exact) mass is 260 g/mol. The molecule has 0 aliphatic rings. The van der Waals surface area contributed by atoms with E-state index < -0.39 is 0 Å². The van der Waals surface area contributed by atoms with Crippen molar-refractivity contribution < 1.29 is 4.79 Å². The topological polar surface area (TPSA) is 17.1 Å². The van der Waals surface area contributed by atoms with Crippen LogP contribution in [0.2, 0.25) is 0 Å². The van der Waals surface area contributed by atoms with Crippen molar-refractivity contribution in [3.63, 3.8) is 0 Å². The molecule has 0 radical (unpaired) electrons. The van der Waals surface area contributed by atoms with Crippen LogP contribution in [-0.2, 0) is 4.79 Å². The van der Waals surface area contributed by atoms with Crippen molar-refractivity contribution in [1.82, 2.24) is 0 Å². The van der Waals surface area contributed by atoms with E-state index in [1.807, 2.05) is 36.4 Å². The fraction of sp³-hybridized carbons (Fsp3) is 0.500. The number of rotatable bonds is 7. The van der Waals surface area contributed by atoms with Gasteiger partial charge in [0.15, 0.2) is 0 Å². The van der Waals surface area contributed by atoms with Crippen LogP contribution in [0.1, 0.15) is 64.9 Å². The Morgan fingerprint density at radius 2 is 1.58 bits per heavy atom. The van der Waals surface area contributed by atoms with Crippen LogP contribution < -0.4 is 0 Å². The van der Waals surface area contributed by atoms with Crippen molar-refractivity contribution in [2.24, 2.45) is 0 Å². The predicted octanol–water partition coefficient (Wildman–Crippen LogP) is 5.66. The molecule has 0 bridgehead atoms. The van der Waals surface area contributed by atoms with E-state index in [1.54, 1.807) is 0 Å². The van der Waals surface area contributed by atoms with Crippen LogP contribution in [0.15, 0.2) is 35.9 Å². The SMILES string of the molecule is CCCC.CCCCC/C(C=O)=C/c1ccccc1. The molecule has 1 heteroatoms. The summed E-state index contributed by atoms with van der Waals surface area (Å²) >= 11 is 0. The molecule has 0 fully saturated rings. The Morgan fingerprint density at radius 1 is 0.947 bits per heavy atom. The van der Waals surface area contributed by atoms with Crippen molar-refractivity contribution >= 4 is 12.4 Å². The largest absolute Gasteiger partial charge is 0.298 e. The molecular formula is C18H28O. The Morgan fingerprint density at radius 3 is 2.05 bits per heavy atom. The number of carbonyl (C=O) groups excluding carboxylic acids is 1. The lowest BCUT2D eigenvalue weighted by atomic mass is 10.1. The maximum absolute atomic E-state index is 10.8. The zero-order valence-corrected chi connectivity index (χ0v) is 12.7. The number of benzene rings is 1. The van der Waals surface area contributed by atoms with Crippen molar-refractivity contribution in [2.45, 2.75) is 59.3 Å². The standard InChI is InChI=1S/C14H18O.C4H10/c1-2-3-5-10-14(12-15)11-13-8-6-4-7-9-13;1-3-4-2/h4,6-9,11-12H,2-3,5,10H2,1H3;3-4H2,1-2H3/b14-11-;. The zero-order valence-electron chi connectivity index (χ0n) is 12.7. The summed E-state index contributed by atoms with van der Waals surface area (Å²) in [7, 11) is 0. The van der Waals surface area contributed by atoms with E-state index in [4.69, 9.17) is 0 Å². The minimum Gasteiger partial charge on any atom is -0.298 e. The van der Waals surface area contributed by atoms with Crippen molar-refractivity contribution in [3.05, 3.63) is 41.5 Å². The maximum Gasteiger partial charge on any atom is 0.146 e. The van der Waals surface area contributed by atoms with Gasteiger partial charge in [0.05, 0.1) is 0 Å². The van der Waals surface area contributed by atoms with Gasteiger partial charge in [0.25, 0.3) is 0 Å². The van der Waals surface area contributed by atoms with E-state index in [0.717, 1.165) is 30.3 Å².